The molecule has 1 aliphatic rings. The highest BCUT2D eigenvalue weighted by Crippen LogP contribution is 2.27. The first-order valence-electron chi connectivity index (χ1n) is 3.83. The molecule has 2 rings (SSSR count). The second-order valence-electron chi connectivity index (χ2n) is 2.90. The van der Waals surface area contributed by atoms with E-state index in [2.05, 4.69) is 0 Å². The maximum absolute atomic E-state index is 9.36. The van der Waals surface area contributed by atoms with Crippen molar-refractivity contribution in [2.75, 3.05) is 0 Å². The number of rotatable bonds is 1. The zero-order valence-corrected chi connectivity index (χ0v) is 6.58. The van der Waals surface area contributed by atoms with Gasteiger partial charge in [-0.25, -0.2) is 0 Å². The Labute approximate surface area is 70.2 Å². The molecule has 0 unspecified atom stereocenters. The van der Waals surface area contributed by atoms with Crippen LogP contribution >= 0.6 is 0 Å². The number of ether oxygens (including phenoxy) is 1. The SMILES string of the molecule is OCc1cc2c(cc1O)COC2. The van der Waals surface area contributed by atoms with Gasteiger partial charge in [0, 0.05) is 5.56 Å². The lowest BCUT2D eigenvalue weighted by atomic mass is 10.1. The molecule has 0 atom stereocenters. The molecule has 3 nitrogen and oxygen atoms in total. The van der Waals surface area contributed by atoms with Crippen molar-refractivity contribution in [2.45, 2.75) is 19.8 Å². The van der Waals surface area contributed by atoms with Crippen LogP contribution in [-0.4, -0.2) is 10.2 Å². The summed E-state index contributed by atoms with van der Waals surface area (Å²) in [7, 11) is 0. The van der Waals surface area contributed by atoms with Crippen LogP contribution in [0.4, 0.5) is 0 Å². The fraction of sp³-hybridized carbons (Fsp3) is 0.333. The van der Waals surface area contributed by atoms with Gasteiger partial charge >= 0.3 is 0 Å². The summed E-state index contributed by atoms with van der Waals surface area (Å²) in [4.78, 5) is 0. The van der Waals surface area contributed by atoms with Crippen molar-refractivity contribution in [3.8, 4) is 5.75 Å². The van der Waals surface area contributed by atoms with Crippen molar-refractivity contribution in [3.05, 3.63) is 28.8 Å². The Morgan fingerprint density at radius 1 is 1.25 bits per heavy atom. The van der Waals surface area contributed by atoms with E-state index in [-0.39, 0.29) is 12.4 Å². The van der Waals surface area contributed by atoms with Crippen LogP contribution in [0.3, 0.4) is 0 Å². The minimum Gasteiger partial charge on any atom is -0.508 e. The molecule has 3 heteroatoms. The summed E-state index contributed by atoms with van der Waals surface area (Å²) in [5.41, 5.74) is 2.65. The molecule has 0 fully saturated rings. The predicted molar refractivity (Wildman–Crippen MR) is 42.5 cm³/mol. The highest BCUT2D eigenvalue weighted by molar-refractivity contribution is 5.42. The molecule has 0 amide bonds. The average molecular weight is 166 g/mol. The van der Waals surface area contributed by atoms with Gasteiger partial charge in [0.1, 0.15) is 5.75 Å². The Bertz CT molecular complexity index is 306. The van der Waals surface area contributed by atoms with Gasteiger partial charge in [-0.3, -0.25) is 0 Å². The molecule has 1 aromatic rings. The maximum atomic E-state index is 9.36. The van der Waals surface area contributed by atoms with Gasteiger partial charge in [-0.15, -0.1) is 0 Å². The van der Waals surface area contributed by atoms with Gasteiger partial charge in [0.25, 0.3) is 0 Å². The average Bonchev–Trinajstić information content (AvgIpc) is 2.49. The van der Waals surface area contributed by atoms with E-state index in [1.54, 1.807) is 12.1 Å². The van der Waals surface area contributed by atoms with Crippen LogP contribution in [-0.2, 0) is 24.6 Å². The van der Waals surface area contributed by atoms with Crippen molar-refractivity contribution >= 4 is 0 Å². The molecule has 2 N–H and O–H groups in total. The molecular formula is C9H10O3. The first-order valence-corrected chi connectivity index (χ1v) is 3.83. The third-order valence-electron chi connectivity index (χ3n) is 2.09. The van der Waals surface area contributed by atoms with Gasteiger partial charge in [0.05, 0.1) is 19.8 Å². The Hall–Kier alpha value is -1.06. The summed E-state index contributed by atoms with van der Waals surface area (Å²) in [6, 6.07) is 3.45. The Morgan fingerprint density at radius 3 is 2.58 bits per heavy atom. The molecule has 0 aromatic heterocycles. The Kier molecular flexibility index (Phi) is 1.75. The second-order valence-corrected chi connectivity index (χ2v) is 2.90. The van der Waals surface area contributed by atoms with Crippen molar-refractivity contribution in [3.63, 3.8) is 0 Å². The van der Waals surface area contributed by atoms with Gasteiger partial charge in [0.15, 0.2) is 0 Å². The fourth-order valence-electron chi connectivity index (χ4n) is 1.39. The van der Waals surface area contributed by atoms with Crippen LogP contribution in [0.25, 0.3) is 0 Å². The van der Waals surface area contributed by atoms with Gasteiger partial charge in [0.2, 0.25) is 0 Å². The van der Waals surface area contributed by atoms with Crippen molar-refractivity contribution < 1.29 is 14.9 Å². The lowest BCUT2D eigenvalue weighted by Gasteiger charge is -2.03. The van der Waals surface area contributed by atoms with E-state index in [4.69, 9.17) is 9.84 Å². The molecular weight excluding hydrogens is 156 g/mol. The van der Waals surface area contributed by atoms with Crippen molar-refractivity contribution in [1.29, 1.82) is 0 Å². The molecule has 12 heavy (non-hydrogen) atoms. The van der Waals surface area contributed by atoms with E-state index in [0.29, 0.717) is 18.8 Å². The molecule has 0 bridgehead atoms. The molecule has 1 aromatic carbocycles. The van der Waals surface area contributed by atoms with Crippen LogP contribution in [0.1, 0.15) is 16.7 Å². The molecule has 64 valence electrons. The minimum atomic E-state index is -0.126. The standard InChI is InChI=1S/C9H10O3/c10-3-6-1-7-4-12-5-8(7)2-9(6)11/h1-2,10-11H,3-5H2. The van der Waals surface area contributed by atoms with E-state index in [9.17, 15) is 5.11 Å². The normalized spacial score (nSPS) is 14.8. The number of aliphatic hydroxyl groups excluding tert-OH is 1. The van der Waals surface area contributed by atoms with Gasteiger partial charge in [-0.1, -0.05) is 0 Å². The Balaban J connectivity index is 2.49. The zero-order valence-electron chi connectivity index (χ0n) is 6.58. The molecule has 1 aliphatic heterocycles. The largest absolute Gasteiger partial charge is 0.508 e. The van der Waals surface area contributed by atoms with E-state index >= 15 is 0 Å². The molecule has 0 aliphatic carbocycles. The number of fused-ring (bicyclic) bond motifs is 1. The first-order chi connectivity index (χ1) is 5.81. The number of phenols is 1. The quantitative estimate of drug-likeness (QED) is 0.652. The predicted octanol–water partition coefficient (Wildman–Crippen LogP) is 0.915. The second kappa shape index (κ2) is 2.77. The van der Waals surface area contributed by atoms with E-state index in [1.807, 2.05) is 0 Å². The highest BCUT2D eigenvalue weighted by atomic mass is 16.5. The summed E-state index contributed by atoms with van der Waals surface area (Å²) >= 11 is 0. The monoisotopic (exact) mass is 166 g/mol. The third kappa shape index (κ3) is 1.07. The van der Waals surface area contributed by atoms with Crippen molar-refractivity contribution in [1.82, 2.24) is 0 Å². The number of hydrogen-bond acceptors (Lipinski definition) is 3. The smallest absolute Gasteiger partial charge is 0.121 e. The first kappa shape index (κ1) is 7.58. The van der Waals surface area contributed by atoms with E-state index in [0.717, 1.165) is 11.1 Å². The van der Waals surface area contributed by atoms with E-state index in [1.165, 1.54) is 0 Å². The fourth-order valence-corrected chi connectivity index (χ4v) is 1.39. The summed E-state index contributed by atoms with van der Waals surface area (Å²) in [6.45, 7) is 1.02. The minimum absolute atomic E-state index is 0.126. The number of aliphatic hydroxyl groups is 1. The molecule has 0 saturated heterocycles. The summed E-state index contributed by atoms with van der Waals surface area (Å²) in [5, 5.41) is 18.2. The van der Waals surface area contributed by atoms with Crippen LogP contribution in [0.5, 0.6) is 5.75 Å². The van der Waals surface area contributed by atoms with Gasteiger partial charge in [-0.05, 0) is 23.3 Å². The van der Waals surface area contributed by atoms with E-state index < -0.39 is 0 Å². The topological polar surface area (TPSA) is 49.7 Å². The Morgan fingerprint density at radius 2 is 1.92 bits per heavy atom. The van der Waals surface area contributed by atoms with Crippen LogP contribution in [0, 0.1) is 0 Å². The third-order valence-corrected chi connectivity index (χ3v) is 2.09. The lowest BCUT2D eigenvalue weighted by Crippen LogP contribution is -1.89. The van der Waals surface area contributed by atoms with Crippen LogP contribution in [0.2, 0.25) is 0 Å². The summed E-state index contributed by atoms with van der Waals surface area (Å²) in [5.74, 6) is 0.154. The molecule has 0 saturated carbocycles. The van der Waals surface area contributed by atoms with Crippen molar-refractivity contribution in [2.24, 2.45) is 0 Å². The molecule has 0 radical (unpaired) electrons. The summed E-state index contributed by atoms with van der Waals surface area (Å²) < 4.78 is 5.18. The summed E-state index contributed by atoms with van der Waals surface area (Å²) in [6.07, 6.45) is 0. The lowest BCUT2D eigenvalue weighted by molar-refractivity contribution is 0.134. The number of aromatic hydroxyl groups is 1. The highest BCUT2D eigenvalue weighted by Gasteiger charge is 2.13. The number of benzene rings is 1. The maximum Gasteiger partial charge on any atom is 0.121 e. The van der Waals surface area contributed by atoms with Gasteiger partial charge < -0.3 is 14.9 Å². The molecule has 1 heterocycles. The molecule has 0 spiro atoms. The van der Waals surface area contributed by atoms with Gasteiger partial charge in [-0.2, -0.15) is 0 Å². The zero-order chi connectivity index (χ0) is 8.55. The van der Waals surface area contributed by atoms with Crippen LogP contribution < -0.4 is 0 Å². The van der Waals surface area contributed by atoms with Crippen LogP contribution in [0.15, 0.2) is 12.1 Å². The number of hydrogen-bond donors (Lipinski definition) is 2.